The van der Waals surface area contributed by atoms with Gasteiger partial charge < -0.3 is 4.74 Å². The van der Waals surface area contributed by atoms with Crippen LogP contribution in [-0.2, 0) is 13.0 Å². The molecular weight excluding hydrogens is 310 g/mol. The Kier molecular flexibility index (Phi) is 4.26. The van der Waals surface area contributed by atoms with Crippen LogP contribution in [0.25, 0.3) is 22.8 Å². The summed E-state index contributed by atoms with van der Waals surface area (Å²) in [7, 11) is 0. The summed E-state index contributed by atoms with van der Waals surface area (Å²) in [5.74, 6) is 3.25. The average Bonchev–Trinajstić information content (AvgIpc) is 3.06. The highest BCUT2D eigenvalue weighted by Crippen LogP contribution is 2.30. The molecular formula is C21H23N3O. The van der Waals surface area contributed by atoms with Crippen LogP contribution in [0.1, 0.15) is 25.8 Å². The third-order valence-corrected chi connectivity index (χ3v) is 4.58. The standard InChI is InChI=1S/C21H23N3O/c1-15(2)11-13-25-18-8-5-7-17(14-18)20-22-21-19-9-4-3-6-16(19)10-12-24(21)23-20/h3-9,14-15H,10-13H2,1-2H3. The Morgan fingerprint density at radius 2 is 2.00 bits per heavy atom. The van der Waals surface area contributed by atoms with Gasteiger partial charge in [-0.05, 0) is 36.5 Å². The highest BCUT2D eigenvalue weighted by molar-refractivity contribution is 5.66. The molecule has 1 aliphatic heterocycles. The molecule has 0 bridgehead atoms. The van der Waals surface area contributed by atoms with E-state index in [1.165, 1.54) is 11.1 Å². The third kappa shape index (κ3) is 3.29. The lowest BCUT2D eigenvalue weighted by atomic mass is 10.0. The summed E-state index contributed by atoms with van der Waals surface area (Å²) in [6.45, 7) is 6.03. The van der Waals surface area contributed by atoms with Gasteiger partial charge >= 0.3 is 0 Å². The van der Waals surface area contributed by atoms with Crippen LogP contribution < -0.4 is 4.74 Å². The van der Waals surface area contributed by atoms with Gasteiger partial charge in [0, 0.05) is 17.7 Å². The highest BCUT2D eigenvalue weighted by atomic mass is 16.5. The first-order valence-corrected chi connectivity index (χ1v) is 8.97. The van der Waals surface area contributed by atoms with E-state index < -0.39 is 0 Å². The number of ether oxygens (including phenoxy) is 1. The van der Waals surface area contributed by atoms with Gasteiger partial charge in [0.05, 0.1) is 6.61 Å². The topological polar surface area (TPSA) is 39.9 Å². The lowest BCUT2D eigenvalue weighted by Crippen LogP contribution is -2.11. The predicted octanol–water partition coefficient (Wildman–Crippen LogP) is 4.59. The summed E-state index contributed by atoms with van der Waals surface area (Å²) in [4.78, 5) is 4.81. The SMILES string of the molecule is CC(C)CCOc1cccc(-c2nc3n(n2)CCc2ccccc2-3)c1. The van der Waals surface area contributed by atoms with Crippen molar-refractivity contribution in [2.24, 2.45) is 5.92 Å². The molecule has 0 unspecified atom stereocenters. The molecule has 4 nitrogen and oxygen atoms in total. The molecule has 0 amide bonds. The fourth-order valence-corrected chi connectivity index (χ4v) is 3.14. The number of hydrogen-bond donors (Lipinski definition) is 0. The van der Waals surface area contributed by atoms with Crippen molar-refractivity contribution in [2.75, 3.05) is 6.61 Å². The number of nitrogens with zero attached hydrogens (tertiary/aromatic N) is 3. The van der Waals surface area contributed by atoms with E-state index in [1.54, 1.807) is 0 Å². The first kappa shape index (κ1) is 15.9. The fourth-order valence-electron chi connectivity index (χ4n) is 3.14. The molecule has 2 aromatic carbocycles. The summed E-state index contributed by atoms with van der Waals surface area (Å²) in [6, 6.07) is 16.5. The Hall–Kier alpha value is -2.62. The zero-order valence-corrected chi connectivity index (χ0v) is 14.8. The Morgan fingerprint density at radius 1 is 1.12 bits per heavy atom. The minimum atomic E-state index is 0.643. The zero-order chi connectivity index (χ0) is 17.2. The molecule has 0 atom stereocenters. The summed E-state index contributed by atoms with van der Waals surface area (Å²) in [5, 5.41) is 4.72. The highest BCUT2D eigenvalue weighted by Gasteiger charge is 2.20. The van der Waals surface area contributed by atoms with E-state index in [-0.39, 0.29) is 0 Å². The van der Waals surface area contributed by atoms with E-state index in [1.807, 2.05) is 28.9 Å². The summed E-state index contributed by atoms with van der Waals surface area (Å²) in [5.41, 5.74) is 3.54. The quantitative estimate of drug-likeness (QED) is 0.685. The van der Waals surface area contributed by atoms with Crippen molar-refractivity contribution in [2.45, 2.75) is 33.2 Å². The van der Waals surface area contributed by atoms with E-state index >= 15 is 0 Å². The van der Waals surface area contributed by atoms with Crippen molar-refractivity contribution in [3.8, 4) is 28.5 Å². The Bertz CT molecular complexity index is 882. The third-order valence-electron chi connectivity index (χ3n) is 4.58. The molecule has 4 heteroatoms. The van der Waals surface area contributed by atoms with Crippen LogP contribution in [0.15, 0.2) is 48.5 Å². The molecule has 0 saturated heterocycles. The average molecular weight is 333 g/mol. The number of aryl methyl sites for hydroxylation is 2. The second-order valence-electron chi connectivity index (χ2n) is 6.95. The van der Waals surface area contributed by atoms with Gasteiger partial charge in [-0.2, -0.15) is 5.10 Å². The van der Waals surface area contributed by atoms with Gasteiger partial charge in [-0.1, -0.05) is 50.2 Å². The van der Waals surface area contributed by atoms with Crippen LogP contribution in [0.2, 0.25) is 0 Å². The molecule has 4 rings (SSSR count). The second kappa shape index (κ2) is 6.71. The number of aromatic nitrogens is 3. The maximum absolute atomic E-state index is 5.87. The Labute approximate surface area is 148 Å². The van der Waals surface area contributed by atoms with E-state index in [0.717, 1.165) is 49.0 Å². The van der Waals surface area contributed by atoms with Gasteiger partial charge in [-0.3, -0.25) is 0 Å². The first-order valence-electron chi connectivity index (χ1n) is 8.97. The summed E-state index contributed by atoms with van der Waals surface area (Å²) < 4.78 is 7.89. The van der Waals surface area contributed by atoms with Crippen molar-refractivity contribution < 1.29 is 4.74 Å². The largest absolute Gasteiger partial charge is 0.494 e. The van der Waals surface area contributed by atoms with Crippen molar-refractivity contribution in [1.82, 2.24) is 14.8 Å². The molecule has 0 saturated carbocycles. The summed E-state index contributed by atoms with van der Waals surface area (Å²) >= 11 is 0. The molecule has 0 aliphatic carbocycles. The van der Waals surface area contributed by atoms with Crippen LogP contribution in [0, 0.1) is 5.92 Å². The first-order chi connectivity index (χ1) is 12.2. The van der Waals surface area contributed by atoms with Gasteiger partial charge in [0.1, 0.15) is 5.75 Å². The van der Waals surface area contributed by atoms with Gasteiger partial charge in [-0.25, -0.2) is 9.67 Å². The molecule has 0 radical (unpaired) electrons. The molecule has 0 fully saturated rings. The van der Waals surface area contributed by atoms with Crippen LogP contribution in [0.5, 0.6) is 5.75 Å². The van der Waals surface area contributed by atoms with Crippen molar-refractivity contribution in [1.29, 1.82) is 0 Å². The molecule has 2 heterocycles. The maximum atomic E-state index is 5.87. The number of fused-ring (bicyclic) bond motifs is 3. The minimum Gasteiger partial charge on any atom is -0.494 e. The second-order valence-corrected chi connectivity index (χ2v) is 6.95. The Morgan fingerprint density at radius 3 is 2.88 bits per heavy atom. The lowest BCUT2D eigenvalue weighted by Gasteiger charge is -2.15. The van der Waals surface area contributed by atoms with E-state index in [4.69, 9.17) is 14.8 Å². The van der Waals surface area contributed by atoms with Crippen molar-refractivity contribution >= 4 is 0 Å². The minimum absolute atomic E-state index is 0.643. The molecule has 25 heavy (non-hydrogen) atoms. The number of benzene rings is 2. The van der Waals surface area contributed by atoms with Crippen LogP contribution >= 0.6 is 0 Å². The van der Waals surface area contributed by atoms with Gasteiger partial charge in [0.25, 0.3) is 0 Å². The molecule has 128 valence electrons. The maximum Gasteiger partial charge on any atom is 0.181 e. The zero-order valence-electron chi connectivity index (χ0n) is 14.8. The van der Waals surface area contributed by atoms with Crippen molar-refractivity contribution in [3.05, 3.63) is 54.1 Å². The molecule has 3 aromatic rings. The van der Waals surface area contributed by atoms with Gasteiger partial charge in [0.15, 0.2) is 11.6 Å². The van der Waals surface area contributed by atoms with E-state index in [0.29, 0.717) is 5.92 Å². The number of rotatable bonds is 5. The van der Waals surface area contributed by atoms with Gasteiger partial charge in [0.2, 0.25) is 0 Å². The molecule has 1 aromatic heterocycles. The van der Waals surface area contributed by atoms with Crippen LogP contribution in [-0.4, -0.2) is 21.4 Å². The molecule has 0 spiro atoms. The van der Waals surface area contributed by atoms with E-state index in [9.17, 15) is 0 Å². The van der Waals surface area contributed by atoms with Crippen LogP contribution in [0.4, 0.5) is 0 Å². The smallest absolute Gasteiger partial charge is 0.181 e. The van der Waals surface area contributed by atoms with E-state index in [2.05, 4.69) is 38.1 Å². The lowest BCUT2D eigenvalue weighted by molar-refractivity contribution is 0.289. The normalized spacial score (nSPS) is 12.8. The summed E-state index contributed by atoms with van der Waals surface area (Å²) in [6.07, 6.45) is 2.06. The number of hydrogen-bond acceptors (Lipinski definition) is 3. The van der Waals surface area contributed by atoms with Gasteiger partial charge in [-0.15, -0.1) is 0 Å². The van der Waals surface area contributed by atoms with Crippen LogP contribution in [0.3, 0.4) is 0 Å². The monoisotopic (exact) mass is 333 g/mol. The fraction of sp³-hybridized carbons (Fsp3) is 0.333. The van der Waals surface area contributed by atoms with Crippen molar-refractivity contribution in [3.63, 3.8) is 0 Å². The predicted molar refractivity (Wildman–Crippen MR) is 99.5 cm³/mol. The molecule has 1 aliphatic rings. The Balaban J connectivity index is 1.61. The molecule has 0 N–H and O–H groups in total.